The van der Waals surface area contributed by atoms with Crippen molar-refractivity contribution in [3.63, 3.8) is 0 Å². The molecule has 0 aliphatic rings. The Balaban J connectivity index is 1.11. The van der Waals surface area contributed by atoms with E-state index in [0.717, 1.165) is 60.5 Å². The van der Waals surface area contributed by atoms with Crippen molar-refractivity contribution in [2.75, 3.05) is 0 Å². The standard InChI is InChI=1S/C51H26B7N3/c52-42-39(40-41(44(54)46(42)56)45(55)48(58)47(57)43(40)53)38-23-22-35(36-16-7-8-17-37(36)38)32-14-9-15-33(26-32)50-59-49(28-12-5-2-6-13-28)60-51(61-50)34-21-20-30-24-29(18-19-31(30)25-34)27-10-3-1-4-11-27/h1-26H. The summed E-state index contributed by atoms with van der Waals surface area (Å²) in [5.74, 6) is 1.70. The second-order valence-corrected chi connectivity index (χ2v) is 15.1. The number of hydrogen-bond acceptors (Lipinski definition) is 3. The molecule has 0 fully saturated rings. The highest BCUT2D eigenvalue weighted by Crippen LogP contribution is 2.38. The second kappa shape index (κ2) is 15.4. The van der Waals surface area contributed by atoms with Gasteiger partial charge in [-0.25, -0.2) is 15.0 Å². The third-order valence-corrected chi connectivity index (χ3v) is 11.5. The maximum absolute atomic E-state index is 6.78. The lowest BCUT2D eigenvalue weighted by Gasteiger charge is -2.26. The summed E-state index contributed by atoms with van der Waals surface area (Å²) in [6.07, 6.45) is 0. The van der Waals surface area contributed by atoms with Gasteiger partial charge in [-0.05, 0) is 83.9 Å². The van der Waals surface area contributed by atoms with Crippen molar-refractivity contribution in [3.8, 4) is 67.5 Å². The molecule has 0 saturated carbocycles. The van der Waals surface area contributed by atoms with Crippen molar-refractivity contribution in [3.05, 3.63) is 158 Å². The van der Waals surface area contributed by atoms with Crippen molar-refractivity contribution < 1.29 is 0 Å². The number of rotatable bonds is 6. The molecule has 0 saturated heterocycles. The van der Waals surface area contributed by atoms with Crippen LogP contribution >= 0.6 is 0 Å². The average Bonchev–Trinajstić information content (AvgIpc) is 3.31. The first-order valence-electron chi connectivity index (χ1n) is 19.7. The van der Waals surface area contributed by atoms with E-state index in [1.807, 2.05) is 72.8 Å². The molecule has 0 spiro atoms. The fourth-order valence-corrected chi connectivity index (χ4v) is 8.34. The van der Waals surface area contributed by atoms with E-state index in [1.165, 1.54) is 5.56 Å². The first-order valence-corrected chi connectivity index (χ1v) is 19.7. The molecule has 9 aromatic carbocycles. The molecule has 0 N–H and O–H groups in total. The molecular formula is C51H26B7N3. The Morgan fingerprint density at radius 1 is 0.279 bits per heavy atom. The van der Waals surface area contributed by atoms with Crippen LogP contribution in [0.25, 0.3) is 99.9 Å². The Kier molecular flexibility index (Phi) is 9.67. The van der Waals surface area contributed by atoms with Crippen LogP contribution in [0, 0.1) is 0 Å². The highest BCUT2D eigenvalue weighted by atomic mass is 15.0. The molecule has 0 atom stereocenters. The molecule has 0 aliphatic carbocycles. The minimum absolute atomic E-state index is 0.142. The van der Waals surface area contributed by atoms with Gasteiger partial charge in [0.15, 0.2) is 17.5 Å². The first-order chi connectivity index (χ1) is 29.7. The molecule has 0 unspecified atom stereocenters. The smallest absolute Gasteiger partial charge is 0.164 e. The Hall–Kier alpha value is -6.78. The van der Waals surface area contributed by atoms with E-state index in [1.54, 1.807) is 0 Å². The van der Waals surface area contributed by atoms with E-state index >= 15 is 0 Å². The van der Waals surface area contributed by atoms with Gasteiger partial charge in [-0.15, -0.1) is 16.4 Å². The summed E-state index contributed by atoms with van der Waals surface area (Å²) in [6.45, 7) is 0. The first kappa shape index (κ1) is 38.4. The van der Waals surface area contributed by atoms with Crippen LogP contribution in [0.2, 0.25) is 0 Å². The summed E-state index contributed by atoms with van der Waals surface area (Å²) in [6, 6.07) is 53.5. The molecule has 10 rings (SSSR count). The van der Waals surface area contributed by atoms with E-state index in [-0.39, 0.29) is 38.2 Å². The van der Waals surface area contributed by atoms with Crippen LogP contribution in [0.3, 0.4) is 0 Å². The van der Waals surface area contributed by atoms with Crippen molar-refractivity contribution in [1.29, 1.82) is 0 Å². The maximum atomic E-state index is 6.78. The lowest BCUT2D eigenvalue weighted by atomic mass is 9.58. The minimum atomic E-state index is 0.142. The van der Waals surface area contributed by atoms with Crippen LogP contribution < -0.4 is 38.2 Å². The topological polar surface area (TPSA) is 38.7 Å². The summed E-state index contributed by atoms with van der Waals surface area (Å²) >= 11 is 0. The Morgan fingerprint density at radius 3 is 1.36 bits per heavy atom. The van der Waals surface area contributed by atoms with Crippen LogP contribution in [-0.2, 0) is 0 Å². The number of benzene rings is 9. The number of nitrogens with zero attached hydrogens (tertiary/aromatic N) is 3. The molecule has 10 aromatic rings. The van der Waals surface area contributed by atoms with Gasteiger partial charge >= 0.3 is 0 Å². The lowest BCUT2D eigenvalue weighted by Crippen LogP contribution is -2.52. The molecule has 1 aromatic heterocycles. The van der Waals surface area contributed by atoms with Gasteiger partial charge in [0.1, 0.15) is 54.9 Å². The molecular weight excluding hydrogens is 730 g/mol. The van der Waals surface area contributed by atoms with E-state index < -0.39 is 0 Å². The average molecular weight is 756 g/mol. The highest BCUT2D eigenvalue weighted by molar-refractivity contribution is 6.72. The van der Waals surface area contributed by atoms with Crippen LogP contribution in [0.5, 0.6) is 0 Å². The van der Waals surface area contributed by atoms with E-state index in [2.05, 4.69) is 84.9 Å². The third kappa shape index (κ3) is 6.62. The zero-order valence-electron chi connectivity index (χ0n) is 32.9. The monoisotopic (exact) mass is 757 g/mol. The van der Waals surface area contributed by atoms with Crippen LogP contribution in [0.4, 0.5) is 0 Å². The van der Waals surface area contributed by atoms with Crippen molar-refractivity contribution >= 4 is 125 Å². The SMILES string of the molecule is [B]c1c([B])c([B])c2c(-c3ccc(-c4cccc(-c5nc(-c6ccccc6)nc(-c6ccc7cc(-c8ccccc8)ccc7c6)n5)c4)c4ccccc34)c([B])c([B])c([B])c2c1[B]. The lowest BCUT2D eigenvalue weighted by molar-refractivity contribution is 1.07. The van der Waals surface area contributed by atoms with Crippen LogP contribution in [0.15, 0.2) is 158 Å². The zero-order valence-corrected chi connectivity index (χ0v) is 32.9. The second-order valence-electron chi connectivity index (χ2n) is 15.1. The van der Waals surface area contributed by atoms with Gasteiger partial charge in [-0.3, -0.25) is 0 Å². The van der Waals surface area contributed by atoms with Gasteiger partial charge < -0.3 is 0 Å². The largest absolute Gasteiger partial charge is 0.208 e. The molecule has 3 nitrogen and oxygen atoms in total. The normalized spacial score (nSPS) is 11.4. The van der Waals surface area contributed by atoms with Crippen molar-refractivity contribution in [1.82, 2.24) is 15.0 Å². The predicted octanol–water partition coefficient (Wildman–Crippen LogP) is 4.89. The summed E-state index contributed by atoms with van der Waals surface area (Å²) in [4.78, 5) is 15.2. The van der Waals surface area contributed by atoms with Gasteiger partial charge in [-0.2, -0.15) is 0 Å². The molecule has 0 aliphatic heterocycles. The Bertz CT molecular complexity index is 3390. The van der Waals surface area contributed by atoms with E-state index in [4.69, 9.17) is 69.9 Å². The summed E-state index contributed by atoms with van der Waals surface area (Å²) < 4.78 is 0. The molecule has 0 amide bonds. The Morgan fingerprint density at radius 2 is 0.721 bits per heavy atom. The van der Waals surface area contributed by atoms with Gasteiger partial charge in [0, 0.05) is 16.7 Å². The molecule has 10 heteroatoms. The summed E-state index contributed by atoms with van der Waals surface area (Å²) in [5, 5.41) is 4.99. The summed E-state index contributed by atoms with van der Waals surface area (Å²) in [7, 11) is 45.7. The molecule has 266 valence electrons. The zero-order chi connectivity index (χ0) is 41.9. The van der Waals surface area contributed by atoms with Gasteiger partial charge in [-0.1, -0.05) is 161 Å². The number of hydrogen-bond donors (Lipinski definition) is 0. The predicted molar refractivity (Wildman–Crippen MR) is 263 cm³/mol. The Labute approximate surface area is 364 Å². The third-order valence-electron chi connectivity index (χ3n) is 11.5. The minimum Gasteiger partial charge on any atom is -0.208 e. The molecule has 14 radical (unpaired) electrons. The number of aromatic nitrogens is 3. The molecule has 1 heterocycles. The van der Waals surface area contributed by atoms with Gasteiger partial charge in [0.05, 0.1) is 0 Å². The molecule has 0 bridgehead atoms. The van der Waals surface area contributed by atoms with Crippen molar-refractivity contribution in [2.45, 2.75) is 0 Å². The van der Waals surface area contributed by atoms with E-state index in [9.17, 15) is 0 Å². The van der Waals surface area contributed by atoms with Crippen molar-refractivity contribution in [2.24, 2.45) is 0 Å². The molecule has 61 heavy (non-hydrogen) atoms. The fraction of sp³-hybridized carbons (Fsp3) is 0. The van der Waals surface area contributed by atoms with Crippen LogP contribution in [-0.4, -0.2) is 69.9 Å². The summed E-state index contributed by atoms with van der Waals surface area (Å²) in [5.41, 5.74) is 9.60. The fourth-order valence-electron chi connectivity index (χ4n) is 8.34. The van der Waals surface area contributed by atoms with Gasteiger partial charge in [0.25, 0.3) is 0 Å². The maximum Gasteiger partial charge on any atom is 0.164 e. The van der Waals surface area contributed by atoms with Crippen LogP contribution in [0.1, 0.15) is 0 Å². The number of fused-ring (bicyclic) bond motifs is 3. The quantitative estimate of drug-likeness (QED) is 0.227. The highest BCUT2D eigenvalue weighted by Gasteiger charge is 2.21. The van der Waals surface area contributed by atoms with Gasteiger partial charge in [0.2, 0.25) is 0 Å². The van der Waals surface area contributed by atoms with E-state index in [0.29, 0.717) is 33.8 Å².